The van der Waals surface area contributed by atoms with Gasteiger partial charge in [0.1, 0.15) is 0 Å². The van der Waals surface area contributed by atoms with Crippen molar-refractivity contribution in [3.63, 3.8) is 0 Å². The van der Waals surface area contributed by atoms with Gasteiger partial charge in [-0.2, -0.15) is 0 Å². The molecule has 1 aliphatic rings. The second kappa shape index (κ2) is 10.3. The van der Waals surface area contributed by atoms with Gasteiger partial charge in [0.05, 0.1) is 11.4 Å². The molecule has 4 aromatic carbocycles. The summed E-state index contributed by atoms with van der Waals surface area (Å²) in [7, 11) is 8.27. The number of benzene rings is 4. The van der Waals surface area contributed by atoms with Crippen LogP contribution in [-0.2, 0) is 0 Å². The molecule has 0 saturated heterocycles. The maximum Gasteiger partial charge on any atom is 0.0794 e. The highest BCUT2D eigenvalue weighted by Gasteiger charge is 2.23. The van der Waals surface area contributed by atoms with Crippen LogP contribution in [0.1, 0.15) is 27.8 Å². The first-order chi connectivity index (χ1) is 17.9. The van der Waals surface area contributed by atoms with Gasteiger partial charge in [-0.1, -0.05) is 66.2 Å². The van der Waals surface area contributed by atoms with E-state index in [9.17, 15) is 0 Å². The minimum Gasteiger partial charge on any atom is -0.378 e. The molecule has 0 fully saturated rings. The maximum absolute atomic E-state index is 5.26. The maximum atomic E-state index is 5.26. The summed E-state index contributed by atoms with van der Waals surface area (Å²) in [5.41, 5.74) is 12.5. The molecule has 4 aromatic rings. The third-order valence-electron chi connectivity index (χ3n) is 6.75. The molecule has 0 unspecified atom stereocenters. The van der Waals surface area contributed by atoms with Crippen molar-refractivity contribution in [1.82, 2.24) is 0 Å². The highest BCUT2D eigenvalue weighted by molar-refractivity contribution is 6.51. The Balaban J connectivity index is 1.72. The fraction of sp³-hybridized carbons (Fsp3) is 0.147. The minimum absolute atomic E-state index is 0.949. The number of allylic oxidation sites excluding steroid dienone is 2. The second-order valence-corrected chi connectivity index (χ2v) is 9.93. The van der Waals surface area contributed by atoms with E-state index in [1.807, 2.05) is 0 Å². The quantitative estimate of drug-likeness (QED) is 0.286. The highest BCUT2D eigenvalue weighted by atomic mass is 15.1. The molecule has 0 amide bonds. The van der Waals surface area contributed by atoms with E-state index >= 15 is 0 Å². The van der Waals surface area contributed by atoms with Gasteiger partial charge in [0.2, 0.25) is 0 Å². The topological polar surface area (TPSA) is 18.8 Å². The van der Waals surface area contributed by atoms with Crippen molar-refractivity contribution in [3.8, 4) is 0 Å². The SMILES string of the molecule is Cc1ccc(N=C2C(c3ccc(N(C)C)cc3)=Cc3ccccc3C2=Cc2ccc(N(C)C)cc2)cc1. The lowest BCUT2D eigenvalue weighted by atomic mass is 9.82. The molecule has 1 aliphatic carbocycles. The molecular weight excluding hydrogens is 450 g/mol. The summed E-state index contributed by atoms with van der Waals surface area (Å²) in [6.45, 7) is 2.11. The third kappa shape index (κ3) is 5.26. The van der Waals surface area contributed by atoms with Gasteiger partial charge in [-0.05, 0) is 77.7 Å². The second-order valence-electron chi connectivity index (χ2n) is 9.93. The van der Waals surface area contributed by atoms with E-state index in [2.05, 4.69) is 154 Å². The molecule has 0 saturated carbocycles. The first-order valence-corrected chi connectivity index (χ1v) is 12.6. The molecule has 5 rings (SSSR count). The van der Waals surface area contributed by atoms with Crippen molar-refractivity contribution in [3.05, 3.63) is 125 Å². The Morgan fingerprint density at radius 1 is 0.649 bits per heavy atom. The molecule has 0 aliphatic heterocycles. The Bertz CT molecular complexity index is 1480. The predicted octanol–water partition coefficient (Wildman–Crippen LogP) is 7.99. The Kier molecular flexibility index (Phi) is 6.78. The molecule has 0 bridgehead atoms. The summed E-state index contributed by atoms with van der Waals surface area (Å²) < 4.78 is 0. The van der Waals surface area contributed by atoms with Crippen LogP contribution in [0.25, 0.3) is 23.3 Å². The van der Waals surface area contributed by atoms with Gasteiger partial charge >= 0.3 is 0 Å². The number of hydrogen-bond acceptors (Lipinski definition) is 3. The number of hydrogen-bond donors (Lipinski definition) is 0. The average Bonchev–Trinajstić information content (AvgIpc) is 2.91. The fourth-order valence-corrected chi connectivity index (χ4v) is 4.57. The molecule has 184 valence electrons. The van der Waals surface area contributed by atoms with Crippen molar-refractivity contribution >= 4 is 46.1 Å². The Hall–Kier alpha value is -4.37. The van der Waals surface area contributed by atoms with Crippen LogP contribution in [0.3, 0.4) is 0 Å². The van der Waals surface area contributed by atoms with Gasteiger partial charge in [0.15, 0.2) is 0 Å². The van der Waals surface area contributed by atoms with Gasteiger partial charge < -0.3 is 9.80 Å². The zero-order chi connectivity index (χ0) is 25.9. The standard InChI is InChI=1S/C34H33N3/c1-24-10-16-28(17-11-24)35-34-32(26-14-20-30(21-15-26)37(4)5)23-27-8-6-7-9-31(27)33(34)22-25-12-18-29(19-13-25)36(2)3/h6-23H,1-5H3. The molecule has 0 heterocycles. The lowest BCUT2D eigenvalue weighted by molar-refractivity contribution is 1.13. The third-order valence-corrected chi connectivity index (χ3v) is 6.75. The Labute approximate surface area is 220 Å². The van der Waals surface area contributed by atoms with Crippen LogP contribution in [0.2, 0.25) is 0 Å². The van der Waals surface area contributed by atoms with Crippen LogP contribution >= 0.6 is 0 Å². The minimum atomic E-state index is 0.949. The smallest absolute Gasteiger partial charge is 0.0794 e. The Morgan fingerprint density at radius 3 is 1.86 bits per heavy atom. The average molecular weight is 484 g/mol. The van der Waals surface area contributed by atoms with Gasteiger partial charge in [-0.25, -0.2) is 4.99 Å². The number of aryl methyl sites for hydroxylation is 1. The summed E-state index contributed by atoms with van der Waals surface area (Å²) in [6, 6.07) is 34.4. The van der Waals surface area contributed by atoms with Gasteiger partial charge in [0.25, 0.3) is 0 Å². The van der Waals surface area contributed by atoms with Crippen molar-refractivity contribution in [2.75, 3.05) is 38.0 Å². The van der Waals surface area contributed by atoms with E-state index in [0.717, 1.165) is 33.7 Å². The van der Waals surface area contributed by atoms with Gasteiger partial charge in [0, 0.05) is 50.7 Å². The van der Waals surface area contributed by atoms with Crippen LogP contribution in [0.5, 0.6) is 0 Å². The first-order valence-electron chi connectivity index (χ1n) is 12.6. The van der Waals surface area contributed by atoms with Crippen molar-refractivity contribution in [2.24, 2.45) is 4.99 Å². The monoisotopic (exact) mass is 483 g/mol. The normalized spacial score (nSPS) is 14.9. The van der Waals surface area contributed by atoms with E-state index in [1.165, 1.54) is 28.1 Å². The largest absolute Gasteiger partial charge is 0.378 e. The van der Waals surface area contributed by atoms with Crippen molar-refractivity contribution in [1.29, 1.82) is 0 Å². The molecule has 3 heteroatoms. The molecule has 0 aromatic heterocycles. The van der Waals surface area contributed by atoms with E-state index < -0.39 is 0 Å². The van der Waals surface area contributed by atoms with E-state index in [0.29, 0.717) is 0 Å². The lowest BCUT2D eigenvalue weighted by Crippen LogP contribution is -2.12. The summed E-state index contributed by atoms with van der Waals surface area (Å²) in [5.74, 6) is 0. The summed E-state index contributed by atoms with van der Waals surface area (Å²) in [6.07, 6.45) is 4.55. The number of aliphatic imine (C=N–C) groups is 1. The number of nitrogens with zero attached hydrogens (tertiary/aromatic N) is 3. The van der Waals surface area contributed by atoms with E-state index in [-0.39, 0.29) is 0 Å². The molecule has 0 atom stereocenters. The van der Waals surface area contributed by atoms with Crippen LogP contribution < -0.4 is 9.80 Å². The van der Waals surface area contributed by atoms with Crippen LogP contribution in [0.4, 0.5) is 17.1 Å². The molecule has 0 radical (unpaired) electrons. The predicted molar refractivity (Wildman–Crippen MR) is 162 cm³/mol. The number of anilines is 2. The van der Waals surface area contributed by atoms with Crippen molar-refractivity contribution in [2.45, 2.75) is 6.92 Å². The molecular formula is C34H33N3. The molecule has 3 nitrogen and oxygen atoms in total. The van der Waals surface area contributed by atoms with Crippen LogP contribution in [-0.4, -0.2) is 33.9 Å². The van der Waals surface area contributed by atoms with Gasteiger partial charge in [-0.15, -0.1) is 0 Å². The fourth-order valence-electron chi connectivity index (χ4n) is 4.57. The number of rotatable bonds is 5. The van der Waals surface area contributed by atoms with E-state index in [4.69, 9.17) is 4.99 Å². The first kappa shape index (κ1) is 24.3. The highest BCUT2D eigenvalue weighted by Crippen LogP contribution is 2.38. The molecule has 0 N–H and O–H groups in total. The molecule has 0 spiro atoms. The van der Waals surface area contributed by atoms with Crippen molar-refractivity contribution < 1.29 is 0 Å². The number of fused-ring (bicyclic) bond motifs is 1. The Morgan fingerprint density at radius 2 is 1.24 bits per heavy atom. The van der Waals surface area contributed by atoms with Gasteiger partial charge in [-0.3, -0.25) is 0 Å². The van der Waals surface area contributed by atoms with E-state index in [1.54, 1.807) is 0 Å². The zero-order valence-corrected chi connectivity index (χ0v) is 22.2. The summed E-state index contributed by atoms with van der Waals surface area (Å²) in [5, 5.41) is 0. The lowest BCUT2D eigenvalue weighted by Gasteiger charge is -2.23. The zero-order valence-electron chi connectivity index (χ0n) is 22.2. The van der Waals surface area contributed by atoms with Crippen LogP contribution in [0.15, 0.2) is 102 Å². The summed E-state index contributed by atoms with van der Waals surface area (Å²) in [4.78, 5) is 9.50. The van der Waals surface area contributed by atoms with Crippen LogP contribution in [0, 0.1) is 6.92 Å². The molecule has 37 heavy (non-hydrogen) atoms. The summed E-state index contributed by atoms with van der Waals surface area (Å²) >= 11 is 0.